The molecule has 0 spiro atoms. The van der Waals surface area contributed by atoms with Crippen LogP contribution in [0.1, 0.15) is 27.7 Å². The molecule has 0 aliphatic heterocycles. The fourth-order valence-corrected chi connectivity index (χ4v) is 1.04. The van der Waals surface area contributed by atoms with Gasteiger partial charge in [-0.1, -0.05) is 0 Å². The molecule has 0 saturated heterocycles. The first-order valence-electron chi connectivity index (χ1n) is 5.67. The number of rotatable bonds is 5. The Morgan fingerprint density at radius 1 is 1.28 bits per heavy atom. The van der Waals surface area contributed by atoms with Gasteiger partial charge >= 0.3 is 0 Å². The summed E-state index contributed by atoms with van der Waals surface area (Å²) >= 11 is 0. The van der Waals surface area contributed by atoms with E-state index in [1.54, 1.807) is 0 Å². The van der Waals surface area contributed by atoms with Gasteiger partial charge in [-0.15, -0.1) is 0 Å². The summed E-state index contributed by atoms with van der Waals surface area (Å²) in [6.07, 6.45) is 1.35. The third kappa shape index (κ3) is 8.16. The van der Waals surface area contributed by atoms with Crippen LogP contribution in [0.25, 0.3) is 0 Å². The summed E-state index contributed by atoms with van der Waals surface area (Å²) < 4.78 is 0. The first kappa shape index (κ1) is 16.0. The number of hydrogen-bond donors (Lipinski definition) is 3. The Bertz CT molecular complexity index is 375. The van der Waals surface area contributed by atoms with E-state index in [1.807, 2.05) is 26.8 Å². The largest absolute Gasteiger partial charge is 0.388 e. The van der Waals surface area contributed by atoms with Gasteiger partial charge in [0.05, 0.1) is 0 Å². The van der Waals surface area contributed by atoms with Gasteiger partial charge in [-0.25, -0.2) is 0 Å². The third-order valence-corrected chi connectivity index (χ3v) is 1.74. The number of nitriles is 1. The Hall–Kier alpha value is -2.03. The van der Waals surface area contributed by atoms with Crippen molar-refractivity contribution < 1.29 is 9.59 Å². The molecule has 0 radical (unpaired) electrons. The molecule has 0 aromatic heterocycles. The van der Waals surface area contributed by atoms with Gasteiger partial charge in [-0.2, -0.15) is 5.26 Å². The van der Waals surface area contributed by atoms with Crippen LogP contribution < -0.4 is 16.0 Å². The first-order chi connectivity index (χ1) is 8.26. The Labute approximate surface area is 107 Å². The van der Waals surface area contributed by atoms with E-state index in [0.29, 0.717) is 13.1 Å². The van der Waals surface area contributed by atoms with Gasteiger partial charge in [0, 0.05) is 31.8 Å². The lowest BCUT2D eigenvalue weighted by Crippen LogP contribution is -2.41. The van der Waals surface area contributed by atoms with Crippen LogP contribution in [-0.4, -0.2) is 30.4 Å². The quantitative estimate of drug-likeness (QED) is 0.365. The van der Waals surface area contributed by atoms with E-state index in [-0.39, 0.29) is 17.0 Å². The van der Waals surface area contributed by atoms with Crippen molar-refractivity contribution in [3.8, 4) is 6.07 Å². The van der Waals surface area contributed by atoms with Crippen molar-refractivity contribution in [3.05, 3.63) is 11.8 Å². The zero-order valence-electron chi connectivity index (χ0n) is 11.3. The van der Waals surface area contributed by atoms with Crippen LogP contribution in [-0.2, 0) is 9.59 Å². The van der Waals surface area contributed by atoms with Gasteiger partial charge in [-0.05, 0) is 20.8 Å². The van der Waals surface area contributed by atoms with Crippen molar-refractivity contribution in [1.29, 1.82) is 5.26 Å². The summed E-state index contributed by atoms with van der Waals surface area (Å²) in [5, 5.41) is 16.9. The Balaban J connectivity index is 4.21. The molecule has 0 rings (SSSR count). The lowest BCUT2D eigenvalue weighted by molar-refractivity contribution is -0.119. The second-order valence-corrected chi connectivity index (χ2v) is 4.81. The molecule has 0 saturated carbocycles. The summed E-state index contributed by atoms with van der Waals surface area (Å²) in [7, 11) is 0. The maximum absolute atomic E-state index is 11.7. The Morgan fingerprint density at radius 2 is 1.89 bits per heavy atom. The Morgan fingerprint density at radius 3 is 2.33 bits per heavy atom. The number of hydrogen-bond acceptors (Lipinski definition) is 4. The minimum atomic E-state index is -0.419. The summed E-state index contributed by atoms with van der Waals surface area (Å²) in [5.74, 6) is -0.538. The van der Waals surface area contributed by atoms with E-state index in [4.69, 9.17) is 5.26 Å². The molecule has 18 heavy (non-hydrogen) atoms. The maximum atomic E-state index is 11.7. The fraction of sp³-hybridized carbons (Fsp3) is 0.583. The van der Waals surface area contributed by atoms with Gasteiger partial charge in [0.1, 0.15) is 11.6 Å². The minimum Gasteiger partial charge on any atom is -0.388 e. The fourth-order valence-electron chi connectivity index (χ4n) is 1.04. The highest BCUT2D eigenvalue weighted by atomic mass is 16.2. The lowest BCUT2D eigenvalue weighted by Gasteiger charge is -2.20. The smallest absolute Gasteiger partial charge is 0.263 e. The monoisotopic (exact) mass is 252 g/mol. The number of carbonyl (C=O) groups excluding carboxylic acids is 2. The summed E-state index contributed by atoms with van der Waals surface area (Å²) in [5.41, 5.74) is -0.379. The molecule has 0 aromatic carbocycles. The predicted octanol–water partition coefficient (Wildman–Crippen LogP) is 0.0343. The van der Waals surface area contributed by atoms with E-state index in [9.17, 15) is 9.59 Å². The highest BCUT2D eigenvalue weighted by Crippen LogP contribution is 2.01. The molecule has 0 heterocycles. The normalized spacial score (nSPS) is 11.4. The van der Waals surface area contributed by atoms with Crippen LogP contribution in [0.15, 0.2) is 11.8 Å². The van der Waals surface area contributed by atoms with Crippen LogP contribution in [0.2, 0.25) is 0 Å². The van der Waals surface area contributed by atoms with Gasteiger partial charge < -0.3 is 16.0 Å². The van der Waals surface area contributed by atoms with Crippen LogP contribution >= 0.6 is 0 Å². The highest BCUT2D eigenvalue weighted by molar-refractivity contribution is 5.97. The number of nitrogens with zero attached hydrogens (tertiary/aromatic N) is 1. The summed E-state index contributed by atoms with van der Waals surface area (Å²) in [6, 6.07) is 1.82. The standard InChI is InChI=1S/C12H20N4O2/c1-9(17)15-6-5-14-8-10(7-13)11(18)16-12(2,3)4/h8,14H,5-6H2,1-4H3,(H,15,17)(H,16,18)/b10-8-. The van der Waals surface area contributed by atoms with E-state index in [1.165, 1.54) is 13.1 Å². The summed E-state index contributed by atoms with van der Waals surface area (Å²) in [6.45, 7) is 7.82. The second-order valence-electron chi connectivity index (χ2n) is 4.81. The number of amides is 2. The molecule has 2 amide bonds. The SMILES string of the molecule is CC(=O)NCCN/C=C(/C#N)C(=O)NC(C)(C)C. The molecule has 0 bridgehead atoms. The molecule has 0 unspecified atom stereocenters. The molecule has 0 aromatic rings. The molecule has 6 nitrogen and oxygen atoms in total. The number of carbonyl (C=O) groups is 2. The Kier molecular flexibility index (Phi) is 6.50. The van der Waals surface area contributed by atoms with Crippen LogP contribution in [0, 0.1) is 11.3 Å². The molecule has 0 fully saturated rings. The van der Waals surface area contributed by atoms with Gasteiger partial charge in [0.2, 0.25) is 5.91 Å². The molecule has 3 N–H and O–H groups in total. The van der Waals surface area contributed by atoms with Crippen molar-refractivity contribution in [3.63, 3.8) is 0 Å². The van der Waals surface area contributed by atoms with Gasteiger partial charge in [0.25, 0.3) is 5.91 Å². The second kappa shape index (κ2) is 7.33. The average molecular weight is 252 g/mol. The lowest BCUT2D eigenvalue weighted by atomic mass is 10.1. The van der Waals surface area contributed by atoms with Crippen molar-refractivity contribution in [2.24, 2.45) is 0 Å². The van der Waals surface area contributed by atoms with E-state index >= 15 is 0 Å². The predicted molar refractivity (Wildman–Crippen MR) is 68.3 cm³/mol. The van der Waals surface area contributed by atoms with Gasteiger partial charge in [0.15, 0.2) is 0 Å². The van der Waals surface area contributed by atoms with Crippen LogP contribution in [0.5, 0.6) is 0 Å². The maximum Gasteiger partial charge on any atom is 0.263 e. The van der Waals surface area contributed by atoms with Gasteiger partial charge in [-0.3, -0.25) is 9.59 Å². The summed E-state index contributed by atoms with van der Waals surface area (Å²) in [4.78, 5) is 22.2. The third-order valence-electron chi connectivity index (χ3n) is 1.74. The van der Waals surface area contributed by atoms with Crippen molar-refractivity contribution in [1.82, 2.24) is 16.0 Å². The van der Waals surface area contributed by atoms with Crippen LogP contribution in [0.3, 0.4) is 0 Å². The zero-order chi connectivity index (χ0) is 14.2. The van der Waals surface area contributed by atoms with E-state index in [0.717, 1.165) is 0 Å². The molecule has 0 atom stereocenters. The van der Waals surface area contributed by atoms with Crippen molar-refractivity contribution >= 4 is 11.8 Å². The average Bonchev–Trinajstić information content (AvgIpc) is 2.20. The molecular weight excluding hydrogens is 232 g/mol. The molecule has 100 valence electrons. The number of nitrogens with one attached hydrogen (secondary N) is 3. The molecular formula is C12H20N4O2. The zero-order valence-corrected chi connectivity index (χ0v) is 11.3. The topological polar surface area (TPSA) is 94.0 Å². The van der Waals surface area contributed by atoms with Crippen LogP contribution in [0.4, 0.5) is 0 Å². The minimum absolute atomic E-state index is 0.00718. The van der Waals surface area contributed by atoms with E-state index in [2.05, 4.69) is 16.0 Å². The molecule has 0 aliphatic rings. The molecule has 6 heteroatoms. The molecule has 0 aliphatic carbocycles. The van der Waals surface area contributed by atoms with Crippen molar-refractivity contribution in [2.75, 3.05) is 13.1 Å². The van der Waals surface area contributed by atoms with Crippen molar-refractivity contribution in [2.45, 2.75) is 33.2 Å². The first-order valence-corrected chi connectivity index (χ1v) is 5.67. The van der Waals surface area contributed by atoms with E-state index < -0.39 is 5.91 Å². The highest BCUT2D eigenvalue weighted by Gasteiger charge is 2.16.